The van der Waals surface area contributed by atoms with Crippen molar-refractivity contribution < 1.29 is 24.2 Å². The van der Waals surface area contributed by atoms with Crippen LogP contribution in [0.1, 0.15) is 35.8 Å². The Morgan fingerprint density at radius 2 is 1.90 bits per heavy atom. The van der Waals surface area contributed by atoms with E-state index in [0.717, 1.165) is 30.4 Å². The van der Waals surface area contributed by atoms with Crippen LogP contribution >= 0.6 is 11.8 Å². The van der Waals surface area contributed by atoms with E-state index >= 15 is 0 Å². The fourth-order valence-corrected chi connectivity index (χ4v) is 5.20. The molecule has 7 heteroatoms. The van der Waals surface area contributed by atoms with Crippen molar-refractivity contribution in [1.82, 2.24) is 4.90 Å². The number of aliphatic carboxylic acids is 1. The number of nitrogens with zero attached hydrogens (tertiary/aromatic N) is 1. The molecule has 158 valence electrons. The molecule has 0 spiro atoms. The van der Waals surface area contributed by atoms with Crippen LogP contribution < -0.4 is 9.47 Å². The molecule has 2 aromatic carbocycles. The standard InChI is InChI=1S/C23H25NO5S/c1-28-20-12-17(10-11-19(20)29-13-15-6-3-2-4-7-15)22-24(18(14-30-22)23(26)27)21(25)16-8-5-9-16/h2-4,6-7,10-12,16,18,22H,5,8-9,13-14H2,1H3,(H,26,27). The van der Waals surface area contributed by atoms with Crippen molar-refractivity contribution in [1.29, 1.82) is 0 Å². The van der Waals surface area contributed by atoms with Gasteiger partial charge in [0, 0.05) is 11.7 Å². The number of rotatable bonds is 7. The predicted octanol–water partition coefficient (Wildman–Crippen LogP) is 4.10. The van der Waals surface area contributed by atoms with Gasteiger partial charge in [-0.2, -0.15) is 0 Å². The molecular weight excluding hydrogens is 402 g/mol. The number of carboxylic acid groups (broad SMARTS) is 1. The summed E-state index contributed by atoms with van der Waals surface area (Å²) in [6, 6.07) is 14.6. The van der Waals surface area contributed by atoms with Gasteiger partial charge in [-0.05, 0) is 36.1 Å². The number of benzene rings is 2. The Labute approximate surface area is 180 Å². The molecule has 2 aromatic rings. The Morgan fingerprint density at radius 1 is 1.13 bits per heavy atom. The molecule has 1 aliphatic heterocycles. The van der Waals surface area contributed by atoms with Crippen molar-refractivity contribution in [3.63, 3.8) is 0 Å². The van der Waals surface area contributed by atoms with Gasteiger partial charge in [-0.15, -0.1) is 11.8 Å². The molecule has 1 aliphatic carbocycles. The lowest BCUT2D eigenvalue weighted by Crippen LogP contribution is -2.46. The molecule has 30 heavy (non-hydrogen) atoms. The van der Waals surface area contributed by atoms with E-state index in [9.17, 15) is 14.7 Å². The first-order chi connectivity index (χ1) is 14.6. The van der Waals surface area contributed by atoms with E-state index in [4.69, 9.17) is 9.47 Å². The third-order valence-corrected chi connectivity index (χ3v) is 7.03. The number of amides is 1. The predicted molar refractivity (Wildman–Crippen MR) is 115 cm³/mol. The number of thioether (sulfide) groups is 1. The van der Waals surface area contributed by atoms with Crippen LogP contribution in [0.5, 0.6) is 11.5 Å². The van der Waals surface area contributed by atoms with Crippen LogP contribution in [0, 0.1) is 5.92 Å². The Bertz CT molecular complexity index is 915. The first-order valence-corrected chi connectivity index (χ1v) is 11.1. The zero-order valence-electron chi connectivity index (χ0n) is 16.8. The highest BCUT2D eigenvalue weighted by atomic mass is 32.2. The number of carboxylic acids is 1. The summed E-state index contributed by atoms with van der Waals surface area (Å²) in [6.45, 7) is 0.419. The first-order valence-electron chi connectivity index (χ1n) is 10.1. The van der Waals surface area contributed by atoms with Gasteiger partial charge in [0.15, 0.2) is 11.5 Å². The molecule has 1 saturated carbocycles. The van der Waals surface area contributed by atoms with E-state index in [2.05, 4.69) is 0 Å². The summed E-state index contributed by atoms with van der Waals surface area (Å²) in [5.41, 5.74) is 1.90. The molecule has 2 unspecified atom stereocenters. The third-order valence-electron chi connectivity index (χ3n) is 5.70. The SMILES string of the molecule is COc1cc(C2SCC(C(=O)O)N2C(=O)C2CCC2)ccc1OCc1ccccc1. The zero-order chi connectivity index (χ0) is 21.1. The highest BCUT2D eigenvalue weighted by molar-refractivity contribution is 7.99. The molecule has 1 saturated heterocycles. The number of hydrogen-bond donors (Lipinski definition) is 1. The average molecular weight is 428 g/mol. The molecule has 1 N–H and O–H groups in total. The topological polar surface area (TPSA) is 76.1 Å². The van der Waals surface area contributed by atoms with Crippen LogP contribution in [0.4, 0.5) is 0 Å². The van der Waals surface area contributed by atoms with Crippen LogP contribution in [0.2, 0.25) is 0 Å². The normalized spacial score (nSPS) is 21.2. The number of ether oxygens (including phenoxy) is 2. The van der Waals surface area contributed by atoms with E-state index in [0.29, 0.717) is 23.9 Å². The maximum absolute atomic E-state index is 13.0. The fourth-order valence-electron chi connectivity index (χ4n) is 3.78. The van der Waals surface area contributed by atoms with Gasteiger partial charge < -0.3 is 19.5 Å². The summed E-state index contributed by atoms with van der Waals surface area (Å²) in [7, 11) is 1.58. The lowest BCUT2D eigenvalue weighted by molar-refractivity contribution is -0.152. The molecule has 0 radical (unpaired) electrons. The van der Waals surface area contributed by atoms with Gasteiger partial charge in [0.2, 0.25) is 5.91 Å². The van der Waals surface area contributed by atoms with Gasteiger partial charge in [-0.25, -0.2) is 4.79 Å². The van der Waals surface area contributed by atoms with Gasteiger partial charge in [-0.3, -0.25) is 4.79 Å². The van der Waals surface area contributed by atoms with Crippen molar-refractivity contribution >= 4 is 23.6 Å². The second-order valence-electron chi connectivity index (χ2n) is 7.60. The van der Waals surface area contributed by atoms with Crippen LogP contribution in [0.15, 0.2) is 48.5 Å². The number of carbonyl (C=O) groups is 2. The third kappa shape index (κ3) is 4.12. The summed E-state index contributed by atoms with van der Waals surface area (Å²) in [4.78, 5) is 26.3. The summed E-state index contributed by atoms with van der Waals surface area (Å²) >= 11 is 1.48. The van der Waals surface area contributed by atoms with Gasteiger partial charge in [-0.1, -0.05) is 42.8 Å². The first kappa shape index (κ1) is 20.6. The maximum Gasteiger partial charge on any atom is 0.327 e. The van der Waals surface area contributed by atoms with Crippen LogP contribution in [0.25, 0.3) is 0 Å². The Kier molecular flexibility index (Phi) is 6.18. The van der Waals surface area contributed by atoms with Gasteiger partial charge in [0.1, 0.15) is 18.0 Å². The van der Waals surface area contributed by atoms with Crippen molar-refractivity contribution in [3.05, 3.63) is 59.7 Å². The van der Waals surface area contributed by atoms with Crippen LogP contribution in [-0.4, -0.2) is 40.8 Å². The minimum Gasteiger partial charge on any atom is -0.493 e. The van der Waals surface area contributed by atoms with E-state index < -0.39 is 12.0 Å². The number of hydrogen-bond acceptors (Lipinski definition) is 5. The molecule has 1 heterocycles. The highest BCUT2D eigenvalue weighted by Crippen LogP contribution is 2.46. The van der Waals surface area contributed by atoms with Crippen LogP contribution in [-0.2, 0) is 16.2 Å². The lowest BCUT2D eigenvalue weighted by atomic mass is 9.84. The Morgan fingerprint density at radius 3 is 2.53 bits per heavy atom. The number of carbonyl (C=O) groups excluding carboxylic acids is 1. The maximum atomic E-state index is 13.0. The largest absolute Gasteiger partial charge is 0.493 e. The van der Waals surface area contributed by atoms with Crippen molar-refractivity contribution in [3.8, 4) is 11.5 Å². The number of methoxy groups -OCH3 is 1. The second kappa shape index (κ2) is 9.00. The molecular formula is C23H25NO5S. The van der Waals surface area contributed by atoms with Crippen molar-refractivity contribution in [2.45, 2.75) is 37.3 Å². The molecule has 2 fully saturated rings. The summed E-state index contributed by atoms with van der Waals surface area (Å²) in [5.74, 6) is 0.508. The second-order valence-corrected chi connectivity index (χ2v) is 8.71. The Balaban J connectivity index is 1.55. The van der Waals surface area contributed by atoms with Gasteiger partial charge >= 0.3 is 5.97 Å². The Hall–Kier alpha value is -2.67. The van der Waals surface area contributed by atoms with Crippen LogP contribution in [0.3, 0.4) is 0 Å². The molecule has 0 bridgehead atoms. The van der Waals surface area contributed by atoms with Crippen molar-refractivity contribution in [2.24, 2.45) is 5.92 Å². The zero-order valence-corrected chi connectivity index (χ0v) is 17.6. The van der Waals surface area contributed by atoms with E-state index in [1.54, 1.807) is 12.0 Å². The minimum atomic E-state index is -0.951. The monoisotopic (exact) mass is 427 g/mol. The highest BCUT2D eigenvalue weighted by Gasteiger charge is 2.45. The molecule has 0 aromatic heterocycles. The smallest absolute Gasteiger partial charge is 0.327 e. The molecule has 6 nitrogen and oxygen atoms in total. The quantitative estimate of drug-likeness (QED) is 0.717. The van der Waals surface area contributed by atoms with Crippen molar-refractivity contribution in [2.75, 3.05) is 12.9 Å². The van der Waals surface area contributed by atoms with Gasteiger partial charge in [0.05, 0.1) is 7.11 Å². The lowest BCUT2D eigenvalue weighted by Gasteiger charge is -2.34. The molecule has 4 rings (SSSR count). The van der Waals surface area contributed by atoms with E-state index in [-0.39, 0.29) is 17.2 Å². The minimum absolute atomic E-state index is 0.0491. The summed E-state index contributed by atoms with van der Waals surface area (Å²) in [6.07, 6.45) is 2.71. The molecule has 2 aliphatic rings. The fraction of sp³-hybridized carbons (Fsp3) is 0.391. The van der Waals surface area contributed by atoms with Gasteiger partial charge in [0.25, 0.3) is 0 Å². The average Bonchev–Trinajstić information content (AvgIpc) is 3.17. The molecule has 1 amide bonds. The van der Waals surface area contributed by atoms with E-state index in [1.165, 1.54) is 11.8 Å². The summed E-state index contributed by atoms with van der Waals surface area (Å²) in [5, 5.41) is 9.30. The molecule has 2 atom stereocenters. The summed E-state index contributed by atoms with van der Waals surface area (Å²) < 4.78 is 11.5. The van der Waals surface area contributed by atoms with E-state index in [1.807, 2.05) is 48.5 Å².